The van der Waals surface area contributed by atoms with E-state index in [-0.39, 0.29) is 5.69 Å². The Balaban J connectivity index is 1.27. The second kappa shape index (κ2) is 13.7. The van der Waals surface area contributed by atoms with E-state index in [9.17, 15) is 9.90 Å². The summed E-state index contributed by atoms with van der Waals surface area (Å²) < 4.78 is 10.2. The Hall–Kier alpha value is -3.86. The number of aryl methyl sites for hydroxylation is 3. The Kier molecular flexibility index (Phi) is 9.25. The van der Waals surface area contributed by atoms with Crippen LogP contribution in [0.2, 0.25) is 5.02 Å². The summed E-state index contributed by atoms with van der Waals surface area (Å²) in [6.45, 7) is 1.28. The third-order valence-electron chi connectivity index (χ3n) is 8.80. The van der Waals surface area contributed by atoms with Gasteiger partial charge in [-0.15, -0.1) is 23.5 Å². The molecule has 3 aromatic carbocycles. The largest absolute Gasteiger partial charge is 0.493 e. The van der Waals surface area contributed by atoms with Crippen molar-refractivity contribution in [2.45, 2.75) is 42.1 Å². The molecule has 242 valence electrons. The maximum Gasteiger partial charge on any atom is 0.352 e. The van der Waals surface area contributed by atoms with E-state index in [0.717, 1.165) is 91.5 Å². The lowest BCUT2D eigenvalue weighted by Gasteiger charge is -2.14. The predicted octanol–water partition coefficient (Wildman–Crippen LogP) is 8.39. The highest BCUT2D eigenvalue weighted by molar-refractivity contribution is 7.99. The Morgan fingerprint density at radius 1 is 1.02 bits per heavy atom. The lowest BCUT2D eigenvalue weighted by molar-refractivity contribution is 0.0685. The average molecular weight is 686 g/mol. The zero-order valence-electron chi connectivity index (χ0n) is 26.4. The maximum absolute atomic E-state index is 12.6. The van der Waals surface area contributed by atoms with Crippen molar-refractivity contribution in [3.05, 3.63) is 93.5 Å². The van der Waals surface area contributed by atoms with E-state index >= 15 is 0 Å². The van der Waals surface area contributed by atoms with Gasteiger partial charge in [-0.1, -0.05) is 41.9 Å². The van der Waals surface area contributed by atoms with Crippen molar-refractivity contribution in [3.8, 4) is 5.75 Å². The number of carboxylic acids is 1. The molecule has 8 bridgehead atoms. The number of hydrogen-bond donors (Lipinski definition) is 1. The fourth-order valence-corrected chi connectivity index (χ4v) is 8.42. The summed E-state index contributed by atoms with van der Waals surface area (Å²) in [6.07, 6.45) is 7.14. The van der Waals surface area contributed by atoms with Crippen molar-refractivity contribution in [2.75, 3.05) is 18.9 Å². The van der Waals surface area contributed by atoms with Gasteiger partial charge in [0.1, 0.15) is 11.4 Å². The number of halogens is 1. The van der Waals surface area contributed by atoms with Gasteiger partial charge in [0.15, 0.2) is 0 Å². The molecular weight excluding hydrogens is 650 g/mol. The molecule has 1 saturated heterocycles. The normalized spacial score (nSPS) is 18.0. The zero-order valence-corrected chi connectivity index (χ0v) is 28.8. The first-order valence-electron chi connectivity index (χ1n) is 15.8. The van der Waals surface area contributed by atoms with E-state index in [4.69, 9.17) is 26.5 Å². The molecule has 0 spiro atoms. The van der Waals surface area contributed by atoms with Gasteiger partial charge in [-0.3, -0.25) is 9.69 Å². The summed E-state index contributed by atoms with van der Waals surface area (Å²) in [6, 6.07) is 18.6. The van der Waals surface area contributed by atoms with Crippen molar-refractivity contribution in [1.82, 2.24) is 19.4 Å². The summed E-state index contributed by atoms with van der Waals surface area (Å²) >= 11 is 10.4. The van der Waals surface area contributed by atoms with Crippen molar-refractivity contribution in [3.63, 3.8) is 0 Å². The van der Waals surface area contributed by atoms with Crippen molar-refractivity contribution >= 4 is 75.1 Å². The smallest absolute Gasteiger partial charge is 0.352 e. The minimum atomic E-state index is -0.951. The minimum Gasteiger partial charge on any atom is -0.493 e. The fraction of sp³-hybridized carbons (Fsp3) is 0.306. The summed E-state index contributed by atoms with van der Waals surface area (Å²) in [7, 11) is 3.82. The molecule has 0 atom stereocenters. The van der Waals surface area contributed by atoms with Gasteiger partial charge >= 0.3 is 5.97 Å². The molecule has 2 aliphatic rings. The number of allylic oxidation sites excluding steroid dienone is 1. The van der Waals surface area contributed by atoms with E-state index in [1.165, 1.54) is 5.69 Å². The minimum absolute atomic E-state index is 0.285. The van der Waals surface area contributed by atoms with Gasteiger partial charge in [0.25, 0.3) is 0 Å². The Morgan fingerprint density at radius 3 is 2.77 bits per heavy atom. The summed E-state index contributed by atoms with van der Waals surface area (Å²) in [4.78, 5) is 13.8. The van der Waals surface area contributed by atoms with Crippen LogP contribution in [0.25, 0.3) is 27.8 Å². The second-order valence-corrected chi connectivity index (χ2v) is 14.3. The molecule has 4 heterocycles. The van der Waals surface area contributed by atoms with E-state index in [1.54, 1.807) is 28.1 Å². The van der Waals surface area contributed by atoms with Crippen LogP contribution in [0.4, 0.5) is 0 Å². The molecule has 7 rings (SSSR count). The number of nitrogens with zero attached hydrogens (tertiary/aromatic N) is 5. The first-order valence-corrected chi connectivity index (χ1v) is 18.3. The van der Waals surface area contributed by atoms with Gasteiger partial charge in [-0.25, -0.2) is 4.79 Å². The average Bonchev–Trinajstić information content (AvgIpc) is 3.73. The maximum atomic E-state index is 12.6. The summed E-state index contributed by atoms with van der Waals surface area (Å²) in [5.74, 6) is 2.25. The third-order valence-corrected chi connectivity index (χ3v) is 11.0. The van der Waals surface area contributed by atoms with Crippen LogP contribution in [0.15, 0.2) is 70.3 Å². The van der Waals surface area contributed by atoms with Gasteiger partial charge in [-0.2, -0.15) is 10.2 Å². The van der Waals surface area contributed by atoms with Crippen LogP contribution < -0.4 is 4.74 Å². The van der Waals surface area contributed by atoms with Crippen LogP contribution in [0, 0.1) is 0 Å². The van der Waals surface area contributed by atoms with Crippen molar-refractivity contribution in [1.29, 1.82) is 0 Å². The van der Waals surface area contributed by atoms with E-state index < -0.39 is 5.97 Å². The Bertz CT molecular complexity index is 2050. The van der Waals surface area contributed by atoms with Gasteiger partial charge in [-0.05, 0) is 67.0 Å². The number of aromatic nitrogens is 3. The highest BCUT2D eigenvalue weighted by Crippen LogP contribution is 2.37. The first kappa shape index (κ1) is 31.7. The lowest BCUT2D eigenvalue weighted by Crippen LogP contribution is -2.10. The molecule has 0 radical (unpaired) electrons. The number of aromatic carboxylic acids is 1. The molecule has 1 fully saturated rings. The number of carboxylic acid groups (broad SMARTS) is 1. The number of hydrazone groups is 1. The highest BCUT2D eigenvalue weighted by atomic mass is 35.5. The monoisotopic (exact) mass is 685 g/mol. The van der Waals surface area contributed by atoms with Crippen LogP contribution in [0.1, 0.15) is 52.3 Å². The number of hydrogen-bond acceptors (Lipinski definition) is 7. The molecule has 8 nitrogen and oxygen atoms in total. The topological polar surface area (TPSA) is 84.9 Å². The van der Waals surface area contributed by atoms with Crippen molar-refractivity contribution < 1.29 is 14.6 Å². The van der Waals surface area contributed by atoms with Crippen LogP contribution in [0.3, 0.4) is 0 Å². The Labute approximate surface area is 287 Å². The zero-order chi connectivity index (χ0) is 32.5. The third kappa shape index (κ3) is 6.51. The van der Waals surface area contributed by atoms with E-state index in [1.807, 2.05) is 54.3 Å². The highest BCUT2D eigenvalue weighted by Gasteiger charge is 2.24. The van der Waals surface area contributed by atoms with Gasteiger partial charge in [0, 0.05) is 81.8 Å². The van der Waals surface area contributed by atoms with Crippen LogP contribution >= 0.6 is 35.1 Å². The SMILES string of the molecule is Cn1nc2cc1CSc1cc(c3ccccc3c1)OCCCc1c(C(=O)O)n(C)c3c(c(Cl)ccc13)/C=C1\CCCN1/N=C/CSC2. The molecular formula is C36H36ClN5O3S2. The molecule has 2 aromatic heterocycles. The molecule has 0 unspecified atom stereocenters. The molecule has 0 aliphatic carbocycles. The number of rotatable bonds is 1. The fourth-order valence-electron chi connectivity index (χ4n) is 6.59. The van der Waals surface area contributed by atoms with Crippen LogP contribution in [-0.2, 0) is 32.0 Å². The number of fused-ring (bicyclic) bond motifs is 7. The standard InChI is InChI=1S/C36H36ClN5O3S2/c1-40-34-30-11-12-32(37)31(34)19-25-8-5-14-42(25)38-13-16-46-21-24-18-26(41(2)39-24)22-47-27-17-23-7-3-4-9-28(23)33(20-27)45-15-6-10-29(30)35(40)36(43)44/h3-4,7,9,11-13,17-20H,5-6,8,10,14-16,21-22H2,1-2H3,(H,43,44)/b25-19+,38-13+. The number of carbonyl (C=O) groups is 1. The summed E-state index contributed by atoms with van der Waals surface area (Å²) in [5, 5.41) is 25.6. The van der Waals surface area contributed by atoms with Crippen molar-refractivity contribution in [2.24, 2.45) is 19.2 Å². The molecule has 47 heavy (non-hydrogen) atoms. The predicted molar refractivity (Wildman–Crippen MR) is 194 cm³/mol. The molecule has 0 saturated carbocycles. The molecule has 5 aromatic rings. The van der Waals surface area contributed by atoms with Gasteiger partial charge < -0.3 is 14.4 Å². The number of benzene rings is 3. The number of ether oxygens (including phenoxy) is 1. The van der Waals surface area contributed by atoms with Crippen LogP contribution in [-0.4, -0.2) is 55.6 Å². The second-order valence-electron chi connectivity index (χ2n) is 11.9. The van der Waals surface area contributed by atoms with Gasteiger partial charge in [0.2, 0.25) is 0 Å². The quantitative estimate of drug-likeness (QED) is 0.190. The van der Waals surface area contributed by atoms with Gasteiger partial charge in [0.05, 0.1) is 17.8 Å². The molecule has 11 heteroatoms. The number of thioether (sulfide) groups is 2. The Morgan fingerprint density at radius 2 is 1.89 bits per heavy atom. The lowest BCUT2D eigenvalue weighted by atomic mass is 10.0. The molecule has 1 N–H and O–H groups in total. The van der Waals surface area contributed by atoms with E-state index in [2.05, 4.69) is 36.4 Å². The molecule has 2 aliphatic heterocycles. The first-order chi connectivity index (χ1) is 22.9. The van der Waals surface area contributed by atoms with Crippen LogP contribution in [0.5, 0.6) is 5.75 Å². The molecule has 0 amide bonds. The van der Waals surface area contributed by atoms with E-state index in [0.29, 0.717) is 24.5 Å². The summed E-state index contributed by atoms with van der Waals surface area (Å²) in [5.41, 5.74) is 6.03.